The Balaban J connectivity index is 1.54. The largest absolute Gasteiger partial charge is 0.303 e. The van der Waals surface area contributed by atoms with Crippen LogP contribution in [0.3, 0.4) is 0 Å². The molecule has 132 valence electrons. The van der Waals surface area contributed by atoms with Crippen LogP contribution in [0, 0.1) is 4.77 Å². The van der Waals surface area contributed by atoms with E-state index in [0.29, 0.717) is 11.4 Å². The van der Waals surface area contributed by atoms with Crippen LogP contribution in [0.4, 0.5) is 0 Å². The summed E-state index contributed by atoms with van der Waals surface area (Å²) in [5.41, 5.74) is 2.05. The average Bonchev–Trinajstić information content (AvgIpc) is 3.18. The van der Waals surface area contributed by atoms with E-state index in [4.69, 9.17) is 22.3 Å². The fourth-order valence-corrected chi connectivity index (χ4v) is 4.06. The van der Waals surface area contributed by atoms with Crippen molar-refractivity contribution in [1.82, 2.24) is 29.2 Å². The van der Waals surface area contributed by atoms with Crippen molar-refractivity contribution in [3.63, 3.8) is 0 Å². The van der Waals surface area contributed by atoms with Crippen molar-refractivity contribution < 1.29 is 0 Å². The summed E-state index contributed by atoms with van der Waals surface area (Å²) in [6.07, 6.45) is 3.52. The third-order valence-corrected chi connectivity index (χ3v) is 5.60. The molecule has 0 spiro atoms. The standard InChI is InChI=1S/C18H18N6S2/c1-22(11-16-20-14-5-3-4-6-15(14)26-16)12-24-18(25)23(2)17(21-24)13-7-9-19-10-8-13/h3-10H,11-12H2,1-2H3. The summed E-state index contributed by atoms with van der Waals surface area (Å²) >= 11 is 7.28. The van der Waals surface area contributed by atoms with E-state index in [-0.39, 0.29) is 0 Å². The molecule has 0 radical (unpaired) electrons. The number of thiazole rings is 1. The molecule has 8 heteroatoms. The Hall–Kier alpha value is -2.42. The summed E-state index contributed by atoms with van der Waals surface area (Å²) in [7, 11) is 3.99. The molecule has 0 aliphatic rings. The van der Waals surface area contributed by atoms with Crippen LogP contribution in [0.15, 0.2) is 48.8 Å². The van der Waals surface area contributed by atoms with Crippen LogP contribution >= 0.6 is 23.6 Å². The van der Waals surface area contributed by atoms with Crippen LogP contribution in [-0.4, -0.2) is 36.3 Å². The van der Waals surface area contributed by atoms with Crippen LogP contribution in [0.2, 0.25) is 0 Å². The first-order valence-corrected chi connectivity index (χ1v) is 9.41. The van der Waals surface area contributed by atoms with Gasteiger partial charge >= 0.3 is 0 Å². The number of para-hydroxylation sites is 1. The van der Waals surface area contributed by atoms with Crippen LogP contribution in [0.1, 0.15) is 5.01 Å². The van der Waals surface area contributed by atoms with Crippen molar-refractivity contribution in [3.8, 4) is 11.4 Å². The fourth-order valence-electron chi connectivity index (χ4n) is 2.83. The Morgan fingerprint density at radius 3 is 2.69 bits per heavy atom. The minimum atomic E-state index is 0.605. The minimum absolute atomic E-state index is 0.605. The van der Waals surface area contributed by atoms with Crippen molar-refractivity contribution >= 4 is 33.8 Å². The van der Waals surface area contributed by atoms with Crippen LogP contribution in [0.5, 0.6) is 0 Å². The normalized spacial score (nSPS) is 11.5. The predicted octanol–water partition coefficient (Wildman–Crippen LogP) is 3.71. The molecule has 0 aliphatic heterocycles. The topological polar surface area (TPSA) is 51.8 Å². The molecular formula is C18H18N6S2. The number of hydrogen-bond acceptors (Lipinski definition) is 6. The van der Waals surface area contributed by atoms with Crippen LogP contribution in [0.25, 0.3) is 21.6 Å². The summed E-state index contributed by atoms with van der Waals surface area (Å²) in [6.45, 7) is 1.36. The van der Waals surface area contributed by atoms with E-state index in [2.05, 4.69) is 23.0 Å². The lowest BCUT2D eigenvalue weighted by molar-refractivity contribution is 0.244. The summed E-state index contributed by atoms with van der Waals surface area (Å²) in [6, 6.07) is 12.1. The molecular weight excluding hydrogens is 364 g/mol. The highest BCUT2D eigenvalue weighted by Crippen LogP contribution is 2.22. The zero-order valence-corrected chi connectivity index (χ0v) is 16.2. The first-order valence-electron chi connectivity index (χ1n) is 8.19. The summed E-state index contributed by atoms with van der Waals surface area (Å²) in [5, 5.41) is 5.78. The van der Waals surface area contributed by atoms with E-state index in [1.807, 2.05) is 46.6 Å². The van der Waals surface area contributed by atoms with Gasteiger partial charge in [0.2, 0.25) is 0 Å². The quantitative estimate of drug-likeness (QED) is 0.493. The van der Waals surface area contributed by atoms with Gasteiger partial charge in [-0.1, -0.05) is 12.1 Å². The van der Waals surface area contributed by atoms with Crippen molar-refractivity contribution in [1.29, 1.82) is 0 Å². The predicted molar refractivity (Wildman–Crippen MR) is 106 cm³/mol. The van der Waals surface area contributed by atoms with Gasteiger partial charge < -0.3 is 4.57 Å². The fraction of sp³-hybridized carbons (Fsp3) is 0.222. The minimum Gasteiger partial charge on any atom is -0.303 e. The summed E-state index contributed by atoms with van der Waals surface area (Å²) in [4.78, 5) is 10.9. The highest BCUT2D eigenvalue weighted by Gasteiger charge is 2.12. The second kappa shape index (κ2) is 7.06. The molecule has 0 saturated heterocycles. The second-order valence-electron chi connectivity index (χ2n) is 6.13. The molecule has 6 nitrogen and oxygen atoms in total. The van der Waals surface area contributed by atoms with E-state index < -0.39 is 0 Å². The van der Waals surface area contributed by atoms with Gasteiger partial charge in [-0.3, -0.25) is 9.88 Å². The van der Waals surface area contributed by atoms with Gasteiger partial charge in [-0.2, -0.15) is 5.10 Å². The maximum Gasteiger partial charge on any atom is 0.199 e. The van der Waals surface area contributed by atoms with E-state index >= 15 is 0 Å². The number of hydrogen-bond donors (Lipinski definition) is 0. The molecule has 0 atom stereocenters. The van der Waals surface area contributed by atoms with E-state index in [1.165, 1.54) is 4.70 Å². The van der Waals surface area contributed by atoms with Crippen molar-refractivity contribution in [2.24, 2.45) is 7.05 Å². The second-order valence-corrected chi connectivity index (χ2v) is 7.61. The highest BCUT2D eigenvalue weighted by atomic mass is 32.1. The van der Waals surface area contributed by atoms with Gasteiger partial charge in [-0.05, 0) is 43.5 Å². The van der Waals surface area contributed by atoms with Crippen molar-refractivity contribution in [3.05, 3.63) is 58.6 Å². The molecule has 26 heavy (non-hydrogen) atoms. The summed E-state index contributed by atoms with van der Waals surface area (Å²) < 4.78 is 5.67. The first-order chi connectivity index (χ1) is 12.6. The third kappa shape index (κ3) is 3.31. The highest BCUT2D eigenvalue weighted by molar-refractivity contribution is 7.71. The number of aromatic nitrogens is 5. The van der Waals surface area contributed by atoms with Crippen molar-refractivity contribution in [2.75, 3.05) is 7.05 Å². The molecule has 0 bridgehead atoms. The number of nitrogens with zero attached hydrogens (tertiary/aromatic N) is 6. The van der Waals surface area contributed by atoms with Crippen molar-refractivity contribution in [2.45, 2.75) is 13.2 Å². The Labute approximate surface area is 160 Å². The molecule has 0 saturated carbocycles. The Morgan fingerprint density at radius 1 is 1.15 bits per heavy atom. The van der Waals surface area contributed by atoms with Gasteiger partial charge in [0.25, 0.3) is 0 Å². The average molecular weight is 383 g/mol. The maximum absolute atomic E-state index is 5.56. The number of rotatable bonds is 5. The zero-order valence-electron chi connectivity index (χ0n) is 14.5. The molecule has 4 aromatic rings. The molecule has 0 amide bonds. The molecule has 1 aromatic carbocycles. The lowest BCUT2D eigenvalue weighted by Crippen LogP contribution is -2.22. The number of benzene rings is 1. The van der Waals surface area contributed by atoms with Gasteiger partial charge in [-0.15, -0.1) is 11.3 Å². The molecule has 3 aromatic heterocycles. The molecule has 3 heterocycles. The SMILES string of the molecule is CN(Cc1nc2ccccc2s1)Cn1nc(-c2ccncc2)n(C)c1=S. The molecule has 4 rings (SSSR count). The van der Waals surface area contributed by atoms with Crippen LogP contribution in [-0.2, 0) is 20.3 Å². The number of pyridine rings is 1. The van der Waals surface area contributed by atoms with Gasteiger partial charge in [-0.25, -0.2) is 9.67 Å². The van der Waals surface area contributed by atoms with E-state index in [1.54, 1.807) is 23.7 Å². The van der Waals surface area contributed by atoms with E-state index in [9.17, 15) is 0 Å². The molecule has 0 unspecified atom stereocenters. The lowest BCUT2D eigenvalue weighted by Gasteiger charge is -2.14. The number of fused-ring (bicyclic) bond motifs is 1. The molecule has 0 aliphatic carbocycles. The first kappa shape index (κ1) is 17.0. The summed E-state index contributed by atoms with van der Waals surface area (Å²) in [5.74, 6) is 0.839. The van der Waals surface area contributed by atoms with E-state index in [0.717, 1.165) is 28.5 Å². The Morgan fingerprint density at radius 2 is 1.92 bits per heavy atom. The van der Waals surface area contributed by atoms with Gasteiger partial charge in [0.1, 0.15) is 5.01 Å². The maximum atomic E-state index is 5.56. The Bertz CT molecular complexity index is 1060. The molecule has 0 N–H and O–H groups in total. The molecule has 0 fully saturated rings. The Kier molecular flexibility index (Phi) is 4.62. The smallest absolute Gasteiger partial charge is 0.199 e. The lowest BCUT2D eigenvalue weighted by atomic mass is 10.2. The van der Waals surface area contributed by atoms with Gasteiger partial charge in [0, 0.05) is 25.0 Å². The van der Waals surface area contributed by atoms with Gasteiger partial charge in [0.05, 0.1) is 23.4 Å². The van der Waals surface area contributed by atoms with Gasteiger partial charge in [0.15, 0.2) is 10.6 Å². The monoisotopic (exact) mass is 382 g/mol. The zero-order chi connectivity index (χ0) is 18.1. The third-order valence-electron chi connectivity index (χ3n) is 4.10. The van der Waals surface area contributed by atoms with Crippen LogP contribution < -0.4 is 0 Å².